The van der Waals surface area contributed by atoms with E-state index >= 15 is 0 Å². The molecule has 0 saturated heterocycles. The number of rotatable bonds is 4. The van der Waals surface area contributed by atoms with Gasteiger partial charge in [0.1, 0.15) is 6.67 Å². The molecule has 0 amide bonds. The first-order valence-corrected chi connectivity index (χ1v) is 4.47. The minimum absolute atomic E-state index is 0.0699. The molecule has 0 heterocycles. The van der Waals surface area contributed by atoms with Crippen LogP contribution in [0.25, 0.3) is 0 Å². The van der Waals surface area contributed by atoms with Gasteiger partial charge in [0.15, 0.2) is 11.5 Å². The third-order valence-corrected chi connectivity index (χ3v) is 1.90. The first kappa shape index (κ1) is 10.8. The van der Waals surface area contributed by atoms with Gasteiger partial charge in [0.05, 0.1) is 12.6 Å². The van der Waals surface area contributed by atoms with Gasteiger partial charge in [-0.25, -0.2) is 4.39 Å². The molecule has 0 unspecified atom stereocenters. The summed E-state index contributed by atoms with van der Waals surface area (Å²) < 4.78 is 17.4. The van der Waals surface area contributed by atoms with E-state index in [2.05, 4.69) is 0 Å². The molecular formula is C10H14FNO2. The average Bonchev–Trinajstić information content (AvgIpc) is 2.20. The van der Waals surface area contributed by atoms with Gasteiger partial charge in [-0.15, -0.1) is 0 Å². The fraction of sp³-hybridized carbons (Fsp3) is 0.400. The number of phenolic OH excluding ortho intramolecular Hbond substituents is 1. The largest absolute Gasteiger partial charge is 0.504 e. The number of phenols is 1. The number of hydrogen-bond acceptors (Lipinski definition) is 3. The highest BCUT2D eigenvalue weighted by Crippen LogP contribution is 2.32. The van der Waals surface area contributed by atoms with Crippen molar-refractivity contribution >= 4 is 0 Å². The Labute approximate surface area is 82.3 Å². The molecule has 0 spiro atoms. The van der Waals surface area contributed by atoms with Crippen LogP contribution in [0.5, 0.6) is 11.5 Å². The summed E-state index contributed by atoms with van der Waals surface area (Å²) in [6.07, 6.45) is 0. The fourth-order valence-corrected chi connectivity index (χ4v) is 1.19. The van der Waals surface area contributed by atoms with Crippen LogP contribution in [0.2, 0.25) is 0 Å². The Kier molecular flexibility index (Phi) is 3.71. The molecule has 1 aromatic rings. The van der Waals surface area contributed by atoms with Crippen molar-refractivity contribution < 1.29 is 14.2 Å². The van der Waals surface area contributed by atoms with Crippen LogP contribution >= 0.6 is 0 Å². The zero-order valence-electron chi connectivity index (χ0n) is 8.03. The maximum Gasteiger partial charge on any atom is 0.162 e. The standard InChI is InChI=1S/C10H14FNO2/c1-2-14-9-5-3-4-7(10(9)13)8(12)6-11/h3-5,8,13H,2,6,12H2,1H3/t8-/m1/s1. The van der Waals surface area contributed by atoms with E-state index in [9.17, 15) is 9.50 Å². The van der Waals surface area contributed by atoms with E-state index in [1.807, 2.05) is 0 Å². The highest BCUT2D eigenvalue weighted by molar-refractivity contribution is 5.46. The predicted molar refractivity (Wildman–Crippen MR) is 52.2 cm³/mol. The number of alkyl halides is 1. The number of halogens is 1. The van der Waals surface area contributed by atoms with E-state index in [-0.39, 0.29) is 5.75 Å². The smallest absolute Gasteiger partial charge is 0.162 e. The Balaban J connectivity index is 3.00. The van der Waals surface area contributed by atoms with Crippen LogP contribution in [0.15, 0.2) is 18.2 Å². The number of hydrogen-bond donors (Lipinski definition) is 2. The second-order valence-electron chi connectivity index (χ2n) is 2.89. The molecule has 1 rings (SSSR count). The topological polar surface area (TPSA) is 55.5 Å². The van der Waals surface area contributed by atoms with Crippen LogP contribution in [0, 0.1) is 0 Å². The fourth-order valence-electron chi connectivity index (χ4n) is 1.19. The molecule has 0 aliphatic carbocycles. The van der Waals surface area contributed by atoms with Crippen molar-refractivity contribution in [3.8, 4) is 11.5 Å². The van der Waals surface area contributed by atoms with Gasteiger partial charge in [-0.05, 0) is 13.0 Å². The van der Waals surface area contributed by atoms with Crippen LogP contribution in [0.1, 0.15) is 18.5 Å². The Morgan fingerprint density at radius 1 is 1.57 bits per heavy atom. The van der Waals surface area contributed by atoms with Crippen molar-refractivity contribution in [3.63, 3.8) is 0 Å². The molecule has 78 valence electrons. The lowest BCUT2D eigenvalue weighted by atomic mass is 10.1. The Morgan fingerprint density at radius 3 is 2.86 bits per heavy atom. The Bertz CT molecular complexity index is 304. The minimum atomic E-state index is -0.796. The highest BCUT2D eigenvalue weighted by atomic mass is 19.1. The van der Waals surface area contributed by atoms with Crippen LogP contribution in [-0.2, 0) is 0 Å². The van der Waals surface area contributed by atoms with Crippen LogP contribution < -0.4 is 10.5 Å². The van der Waals surface area contributed by atoms with Crippen molar-refractivity contribution in [1.82, 2.24) is 0 Å². The Morgan fingerprint density at radius 2 is 2.29 bits per heavy atom. The number of benzene rings is 1. The van der Waals surface area contributed by atoms with Gasteiger partial charge < -0.3 is 15.6 Å². The molecule has 1 aromatic carbocycles. The maximum atomic E-state index is 12.3. The normalized spacial score (nSPS) is 12.5. The summed E-state index contributed by atoms with van der Waals surface area (Å²) in [5.74, 6) is 0.272. The van der Waals surface area contributed by atoms with Crippen LogP contribution in [0.3, 0.4) is 0 Å². The van der Waals surface area contributed by atoms with Crippen LogP contribution in [-0.4, -0.2) is 18.4 Å². The Hall–Kier alpha value is -1.29. The summed E-state index contributed by atoms with van der Waals surface area (Å²) in [4.78, 5) is 0. The quantitative estimate of drug-likeness (QED) is 0.776. The minimum Gasteiger partial charge on any atom is -0.504 e. The molecule has 0 saturated carbocycles. The van der Waals surface area contributed by atoms with E-state index in [1.54, 1.807) is 25.1 Å². The lowest BCUT2D eigenvalue weighted by Crippen LogP contribution is -2.12. The van der Waals surface area contributed by atoms with E-state index < -0.39 is 12.7 Å². The first-order valence-electron chi connectivity index (χ1n) is 4.47. The molecule has 4 heteroatoms. The lowest BCUT2D eigenvalue weighted by Gasteiger charge is -2.12. The molecule has 0 aliphatic heterocycles. The molecule has 14 heavy (non-hydrogen) atoms. The molecule has 0 bridgehead atoms. The molecule has 0 aliphatic rings. The number of para-hydroxylation sites is 1. The van der Waals surface area contributed by atoms with Gasteiger partial charge >= 0.3 is 0 Å². The maximum absolute atomic E-state index is 12.3. The first-order chi connectivity index (χ1) is 6.70. The zero-order chi connectivity index (χ0) is 10.6. The average molecular weight is 199 g/mol. The van der Waals surface area contributed by atoms with Gasteiger partial charge in [0.2, 0.25) is 0 Å². The number of ether oxygens (including phenoxy) is 1. The van der Waals surface area contributed by atoms with Crippen LogP contribution in [0.4, 0.5) is 4.39 Å². The summed E-state index contributed by atoms with van der Waals surface area (Å²) in [5, 5.41) is 9.65. The number of nitrogens with two attached hydrogens (primary N) is 1. The van der Waals surface area contributed by atoms with Crippen molar-refractivity contribution in [2.24, 2.45) is 5.73 Å². The van der Waals surface area contributed by atoms with Crippen molar-refractivity contribution in [1.29, 1.82) is 0 Å². The zero-order valence-corrected chi connectivity index (χ0v) is 8.03. The van der Waals surface area contributed by atoms with Crippen molar-refractivity contribution in [2.75, 3.05) is 13.3 Å². The van der Waals surface area contributed by atoms with Gasteiger partial charge in [0.25, 0.3) is 0 Å². The molecule has 0 aromatic heterocycles. The summed E-state index contributed by atoms with van der Waals surface area (Å²) >= 11 is 0. The summed E-state index contributed by atoms with van der Waals surface area (Å²) in [7, 11) is 0. The second-order valence-corrected chi connectivity index (χ2v) is 2.89. The van der Waals surface area contributed by atoms with Gasteiger partial charge in [-0.3, -0.25) is 0 Å². The third-order valence-electron chi connectivity index (χ3n) is 1.90. The van der Waals surface area contributed by atoms with Gasteiger partial charge in [0, 0.05) is 5.56 Å². The monoisotopic (exact) mass is 199 g/mol. The summed E-state index contributed by atoms with van der Waals surface area (Å²) in [6, 6.07) is 4.08. The van der Waals surface area contributed by atoms with Gasteiger partial charge in [-0.2, -0.15) is 0 Å². The predicted octanol–water partition coefficient (Wildman–Crippen LogP) is 1.76. The summed E-state index contributed by atoms with van der Waals surface area (Å²) in [6.45, 7) is 1.55. The van der Waals surface area contributed by atoms with Crippen molar-refractivity contribution in [2.45, 2.75) is 13.0 Å². The highest BCUT2D eigenvalue weighted by Gasteiger charge is 2.13. The van der Waals surface area contributed by atoms with E-state index in [0.717, 1.165) is 0 Å². The third kappa shape index (κ3) is 2.14. The second kappa shape index (κ2) is 4.81. The van der Waals surface area contributed by atoms with E-state index in [4.69, 9.17) is 10.5 Å². The molecule has 0 radical (unpaired) electrons. The molecular weight excluding hydrogens is 185 g/mol. The summed E-state index contributed by atoms with van der Waals surface area (Å²) in [5.41, 5.74) is 5.84. The molecule has 3 nitrogen and oxygen atoms in total. The number of aromatic hydroxyl groups is 1. The van der Waals surface area contributed by atoms with Crippen molar-refractivity contribution in [3.05, 3.63) is 23.8 Å². The lowest BCUT2D eigenvalue weighted by molar-refractivity contribution is 0.314. The molecule has 1 atom stereocenters. The van der Waals surface area contributed by atoms with E-state index in [1.165, 1.54) is 0 Å². The van der Waals surface area contributed by atoms with Gasteiger partial charge in [-0.1, -0.05) is 12.1 Å². The molecule has 0 fully saturated rings. The molecule has 3 N–H and O–H groups in total. The van der Waals surface area contributed by atoms with E-state index in [0.29, 0.717) is 17.9 Å². The SMILES string of the molecule is CCOc1cccc([C@H](N)CF)c1O.